The number of esters is 1. The van der Waals surface area contributed by atoms with Crippen molar-refractivity contribution in [2.75, 3.05) is 6.61 Å². The van der Waals surface area contributed by atoms with Gasteiger partial charge in [-0.3, -0.25) is 4.79 Å². The Balaban J connectivity index is 2.98. The Morgan fingerprint density at radius 1 is 1.12 bits per heavy atom. The third-order valence-electron chi connectivity index (χ3n) is 5.22. The standard InChI is InChI=1S/C17H27F5O3/c1-4-15(2,3)14(24)25-10-12(11-8-6-5-7-9-11)16(18,19)13(23)17(20,21)22/h11-13,23H,4-10H2,1-3H3. The van der Waals surface area contributed by atoms with E-state index in [0.29, 0.717) is 32.1 Å². The molecule has 0 aliphatic heterocycles. The Morgan fingerprint density at radius 2 is 1.64 bits per heavy atom. The van der Waals surface area contributed by atoms with Crippen molar-refractivity contribution in [2.24, 2.45) is 17.3 Å². The first-order valence-corrected chi connectivity index (χ1v) is 8.63. The van der Waals surface area contributed by atoms with Crippen LogP contribution in [0.2, 0.25) is 0 Å². The van der Waals surface area contributed by atoms with Crippen LogP contribution in [0.4, 0.5) is 22.0 Å². The molecule has 0 aromatic rings. The van der Waals surface area contributed by atoms with Gasteiger partial charge in [-0.15, -0.1) is 0 Å². The number of carbonyl (C=O) groups is 1. The summed E-state index contributed by atoms with van der Waals surface area (Å²) in [6.45, 7) is 4.05. The topological polar surface area (TPSA) is 46.5 Å². The first-order chi connectivity index (χ1) is 11.3. The number of hydrogen-bond donors (Lipinski definition) is 1. The molecule has 2 atom stereocenters. The van der Waals surface area contributed by atoms with Crippen molar-refractivity contribution in [3.05, 3.63) is 0 Å². The first-order valence-electron chi connectivity index (χ1n) is 8.63. The summed E-state index contributed by atoms with van der Waals surface area (Å²) >= 11 is 0. The molecule has 25 heavy (non-hydrogen) atoms. The van der Waals surface area contributed by atoms with Gasteiger partial charge >= 0.3 is 12.1 Å². The van der Waals surface area contributed by atoms with Gasteiger partial charge in [0.2, 0.25) is 6.10 Å². The zero-order chi connectivity index (χ0) is 19.5. The highest BCUT2D eigenvalue weighted by molar-refractivity contribution is 5.75. The molecule has 148 valence electrons. The molecule has 1 aliphatic rings. The van der Waals surface area contributed by atoms with Crippen LogP contribution in [-0.4, -0.2) is 35.9 Å². The lowest BCUT2D eigenvalue weighted by Crippen LogP contribution is -2.53. The molecule has 0 bridgehead atoms. The highest BCUT2D eigenvalue weighted by Gasteiger charge is 2.60. The smallest absolute Gasteiger partial charge is 0.420 e. The second-order valence-electron chi connectivity index (χ2n) is 7.46. The molecule has 0 spiro atoms. The summed E-state index contributed by atoms with van der Waals surface area (Å²) in [5, 5.41) is 9.17. The van der Waals surface area contributed by atoms with Gasteiger partial charge < -0.3 is 9.84 Å². The van der Waals surface area contributed by atoms with Crippen LogP contribution in [0, 0.1) is 17.3 Å². The number of halogens is 5. The summed E-state index contributed by atoms with van der Waals surface area (Å²) in [6, 6.07) is 0. The van der Waals surface area contributed by atoms with Crippen LogP contribution in [0.3, 0.4) is 0 Å². The predicted molar refractivity (Wildman–Crippen MR) is 82.1 cm³/mol. The summed E-state index contributed by atoms with van der Waals surface area (Å²) < 4.78 is 71.9. The van der Waals surface area contributed by atoms with Gasteiger partial charge in [-0.25, -0.2) is 8.78 Å². The van der Waals surface area contributed by atoms with E-state index in [1.165, 1.54) is 0 Å². The van der Waals surface area contributed by atoms with E-state index in [1.807, 2.05) is 0 Å². The Kier molecular flexibility index (Phi) is 7.24. The molecule has 0 aromatic carbocycles. The molecule has 1 saturated carbocycles. The lowest BCUT2D eigenvalue weighted by atomic mass is 9.76. The average Bonchev–Trinajstić information content (AvgIpc) is 2.53. The summed E-state index contributed by atoms with van der Waals surface area (Å²) in [6.07, 6.45) is -6.05. The van der Waals surface area contributed by atoms with Crippen LogP contribution in [0.15, 0.2) is 0 Å². The molecule has 1 rings (SSSR count). The second kappa shape index (κ2) is 8.18. The van der Waals surface area contributed by atoms with Gasteiger partial charge in [-0.05, 0) is 39.0 Å². The zero-order valence-corrected chi connectivity index (χ0v) is 14.8. The minimum atomic E-state index is -5.44. The molecule has 8 heteroatoms. The van der Waals surface area contributed by atoms with Crippen molar-refractivity contribution in [3.8, 4) is 0 Å². The lowest BCUT2D eigenvalue weighted by molar-refractivity contribution is -0.290. The van der Waals surface area contributed by atoms with Crippen molar-refractivity contribution in [1.82, 2.24) is 0 Å². The number of aliphatic hydroxyl groups excluding tert-OH is 1. The van der Waals surface area contributed by atoms with Crippen molar-refractivity contribution >= 4 is 5.97 Å². The molecule has 0 amide bonds. The summed E-state index contributed by atoms with van der Waals surface area (Å²) in [7, 11) is 0. The first kappa shape index (κ1) is 22.1. The monoisotopic (exact) mass is 374 g/mol. The summed E-state index contributed by atoms with van der Waals surface area (Å²) in [5.41, 5.74) is -0.908. The van der Waals surface area contributed by atoms with E-state index in [0.717, 1.165) is 6.42 Å². The normalized spacial score (nSPS) is 20.2. The molecular weight excluding hydrogens is 347 g/mol. The molecule has 1 aliphatic carbocycles. The highest BCUT2D eigenvalue weighted by Crippen LogP contribution is 2.44. The van der Waals surface area contributed by atoms with E-state index in [2.05, 4.69) is 0 Å². The van der Waals surface area contributed by atoms with Crippen LogP contribution in [0.25, 0.3) is 0 Å². The highest BCUT2D eigenvalue weighted by atomic mass is 19.4. The minimum absolute atomic E-state index is 0.333. The van der Waals surface area contributed by atoms with Gasteiger partial charge in [0.25, 0.3) is 5.92 Å². The fourth-order valence-corrected chi connectivity index (χ4v) is 3.02. The predicted octanol–water partition coefficient (Wildman–Crippen LogP) is 4.72. The molecular formula is C17H27F5O3. The molecule has 1 fully saturated rings. The number of rotatable bonds is 7. The molecule has 0 radical (unpaired) electrons. The van der Waals surface area contributed by atoms with E-state index in [4.69, 9.17) is 4.74 Å². The fraction of sp³-hybridized carbons (Fsp3) is 0.941. The van der Waals surface area contributed by atoms with Crippen molar-refractivity contribution in [3.63, 3.8) is 0 Å². The van der Waals surface area contributed by atoms with Gasteiger partial charge in [0.05, 0.1) is 11.3 Å². The second-order valence-corrected chi connectivity index (χ2v) is 7.46. The number of carbonyl (C=O) groups excluding carboxylic acids is 1. The van der Waals surface area contributed by atoms with Gasteiger partial charge in [0.15, 0.2) is 0 Å². The van der Waals surface area contributed by atoms with E-state index in [-0.39, 0.29) is 0 Å². The molecule has 0 heterocycles. The number of aliphatic hydroxyl groups is 1. The zero-order valence-electron chi connectivity index (χ0n) is 14.8. The van der Waals surface area contributed by atoms with E-state index >= 15 is 0 Å². The summed E-state index contributed by atoms with van der Waals surface area (Å²) in [4.78, 5) is 12.0. The van der Waals surface area contributed by atoms with E-state index in [1.54, 1.807) is 20.8 Å². The fourth-order valence-electron chi connectivity index (χ4n) is 3.02. The molecule has 2 unspecified atom stereocenters. The number of alkyl halides is 5. The maximum atomic E-state index is 14.4. The SMILES string of the molecule is CCC(C)(C)C(=O)OCC(C1CCCCC1)C(F)(F)C(O)C(F)(F)F. The van der Waals surface area contributed by atoms with Crippen LogP contribution in [0.1, 0.15) is 59.3 Å². The Morgan fingerprint density at radius 3 is 2.08 bits per heavy atom. The van der Waals surface area contributed by atoms with Gasteiger partial charge in [-0.1, -0.05) is 26.2 Å². The molecule has 1 N–H and O–H groups in total. The largest absolute Gasteiger partial charge is 0.465 e. The quantitative estimate of drug-likeness (QED) is 0.518. The molecule has 3 nitrogen and oxygen atoms in total. The maximum absolute atomic E-state index is 14.4. The van der Waals surface area contributed by atoms with Gasteiger partial charge in [0, 0.05) is 0 Å². The van der Waals surface area contributed by atoms with Crippen molar-refractivity contribution in [1.29, 1.82) is 0 Å². The van der Waals surface area contributed by atoms with Crippen LogP contribution in [-0.2, 0) is 9.53 Å². The summed E-state index contributed by atoms with van der Waals surface area (Å²) in [5.74, 6) is -7.73. The molecule has 0 saturated heterocycles. The third kappa shape index (κ3) is 5.53. The van der Waals surface area contributed by atoms with Gasteiger partial charge in [-0.2, -0.15) is 13.2 Å². The number of ether oxygens (including phenoxy) is 1. The van der Waals surface area contributed by atoms with Crippen LogP contribution < -0.4 is 0 Å². The average molecular weight is 374 g/mol. The maximum Gasteiger partial charge on any atom is 0.420 e. The molecule has 0 aromatic heterocycles. The van der Waals surface area contributed by atoms with Crippen molar-refractivity contribution in [2.45, 2.75) is 77.5 Å². The van der Waals surface area contributed by atoms with Crippen LogP contribution >= 0.6 is 0 Å². The van der Waals surface area contributed by atoms with E-state index < -0.39 is 48.0 Å². The number of hydrogen-bond acceptors (Lipinski definition) is 3. The van der Waals surface area contributed by atoms with Crippen molar-refractivity contribution < 1.29 is 36.6 Å². The van der Waals surface area contributed by atoms with Gasteiger partial charge in [0.1, 0.15) is 6.61 Å². The minimum Gasteiger partial charge on any atom is -0.465 e. The van der Waals surface area contributed by atoms with Crippen LogP contribution in [0.5, 0.6) is 0 Å². The Hall–Kier alpha value is -0.920. The Bertz CT molecular complexity index is 442. The Labute approximate surface area is 144 Å². The van der Waals surface area contributed by atoms with E-state index in [9.17, 15) is 31.9 Å². The lowest BCUT2D eigenvalue weighted by Gasteiger charge is -2.38. The third-order valence-corrected chi connectivity index (χ3v) is 5.22.